The SMILES string of the molecule is CN(C)CCCN1C(=O)C(=O)/C(=C(/O)c2ccc3c(c2)oc(=O)n3C)[C@@H]1c1ccco1. The summed E-state index contributed by atoms with van der Waals surface area (Å²) in [5.74, 6) is -1.96. The number of nitrogens with zero attached hydrogens (tertiary/aromatic N) is 3. The number of aliphatic hydroxyl groups excluding tert-OH is 1. The lowest BCUT2D eigenvalue weighted by Crippen LogP contribution is -2.32. The largest absolute Gasteiger partial charge is 0.507 e. The number of aliphatic hydroxyl groups is 1. The number of rotatable bonds is 6. The van der Waals surface area contributed by atoms with Gasteiger partial charge in [0.25, 0.3) is 11.7 Å². The van der Waals surface area contributed by atoms with E-state index in [1.165, 1.54) is 21.8 Å². The number of likely N-dealkylation sites (tertiary alicyclic amines) is 1. The summed E-state index contributed by atoms with van der Waals surface area (Å²) in [5, 5.41) is 11.0. The molecule has 1 fully saturated rings. The number of carbonyl (C=O) groups is 2. The summed E-state index contributed by atoms with van der Waals surface area (Å²) < 4.78 is 12.0. The van der Waals surface area contributed by atoms with E-state index in [2.05, 4.69) is 0 Å². The maximum absolute atomic E-state index is 12.9. The van der Waals surface area contributed by atoms with Gasteiger partial charge >= 0.3 is 5.76 Å². The molecule has 0 radical (unpaired) electrons. The van der Waals surface area contributed by atoms with Gasteiger partial charge in [-0.25, -0.2) is 4.79 Å². The average Bonchev–Trinajstić information content (AvgIpc) is 3.42. The summed E-state index contributed by atoms with van der Waals surface area (Å²) >= 11 is 0. The number of benzene rings is 1. The predicted molar refractivity (Wildman–Crippen MR) is 112 cm³/mol. The van der Waals surface area contributed by atoms with Crippen molar-refractivity contribution in [2.75, 3.05) is 27.2 Å². The zero-order chi connectivity index (χ0) is 22.3. The maximum atomic E-state index is 12.9. The first kappa shape index (κ1) is 20.7. The molecule has 1 aliphatic rings. The lowest BCUT2D eigenvalue weighted by atomic mass is 9.99. The third-order valence-electron chi connectivity index (χ3n) is 5.42. The molecule has 0 saturated carbocycles. The van der Waals surface area contributed by atoms with Gasteiger partial charge in [-0.3, -0.25) is 14.2 Å². The number of carbonyl (C=O) groups excluding carboxylic acids is 2. The van der Waals surface area contributed by atoms with Gasteiger partial charge in [-0.1, -0.05) is 0 Å². The van der Waals surface area contributed by atoms with Gasteiger partial charge in [-0.05, 0) is 57.4 Å². The van der Waals surface area contributed by atoms with Crippen LogP contribution in [0.1, 0.15) is 23.8 Å². The first-order valence-electron chi connectivity index (χ1n) is 9.86. The highest BCUT2D eigenvalue weighted by atomic mass is 16.4. The van der Waals surface area contributed by atoms with Gasteiger partial charge in [0.15, 0.2) is 5.58 Å². The van der Waals surface area contributed by atoms with E-state index in [4.69, 9.17) is 8.83 Å². The van der Waals surface area contributed by atoms with E-state index in [0.29, 0.717) is 24.2 Å². The van der Waals surface area contributed by atoms with Crippen LogP contribution >= 0.6 is 0 Å². The standard InChI is InChI=1S/C22H23N3O6/c1-23(2)9-5-10-25-18(15-6-4-11-30-15)17(20(27)21(25)28)19(26)13-7-8-14-16(12-13)31-22(29)24(14)3/h4,6-8,11-12,18,26H,5,9-10H2,1-3H3/b19-17+/t18-/m0/s1. The van der Waals surface area contributed by atoms with Crippen molar-refractivity contribution < 1.29 is 23.5 Å². The number of hydrogen-bond acceptors (Lipinski definition) is 7. The molecule has 4 rings (SSSR count). The average molecular weight is 425 g/mol. The summed E-state index contributed by atoms with van der Waals surface area (Å²) in [4.78, 5) is 40.9. The number of hydrogen-bond donors (Lipinski definition) is 1. The minimum atomic E-state index is -0.837. The fraction of sp³-hybridized carbons (Fsp3) is 0.318. The van der Waals surface area contributed by atoms with Crippen molar-refractivity contribution in [2.45, 2.75) is 12.5 Å². The minimum absolute atomic E-state index is 0.0533. The van der Waals surface area contributed by atoms with E-state index in [1.54, 1.807) is 31.3 Å². The van der Waals surface area contributed by atoms with Crippen LogP contribution in [0.5, 0.6) is 0 Å². The molecule has 1 saturated heterocycles. The molecular weight excluding hydrogens is 402 g/mol. The normalized spacial score (nSPS) is 18.6. The van der Waals surface area contributed by atoms with E-state index >= 15 is 0 Å². The van der Waals surface area contributed by atoms with Crippen molar-refractivity contribution in [3.8, 4) is 0 Å². The van der Waals surface area contributed by atoms with Crippen LogP contribution in [0, 0.1) is 0 Å². The van der Waals surface area contributed by atoms with Crippen molar-refractivity contribution in [3.05, 3.63) is 64.0 Å². The fourth-order valence-electron chi connectivity index (χ4n) is 3.85. The Labute approximate surface area is 177 Å². The summed E-state index contributed by atoms with van der Waals surface area (Å²) in [5.41, 5.74) is 1.03. The molecular formula is C22H23N3O6. The van der Waals surface area contributed by atoms with Crippen LogP contribution in [0.15, 0.2) is 55.8 Å². The van der Waals surface area contributed by atoms with Crippen LogP contribution in [-0.4, -0.2) is 58.3 Å². The first-order chi connectivity index (χ1) is 14.8. The molecule has 2 aromatic heterocycles. The Hall–Kier alpha value is -3.59. The quantitative estimate of drug-likeness (QED) is 0.366. The van der Waals surface area contributed by atoms with Crippen molar-refractivity contribution in [1.29, 1.82) is 0 Å². The lowest BCUT2D eigenvalue weighted by molar-refractivity contribution is -0.140. The van der Waals surface area contributed by atoms with Crippen LogP contribution in [0.3, 0.4) is 0 Å². The van der Waals surface area contributed by atoms with Crippen molar-refractivity contribution in [2.24, 2.45) is 7.05 Å². The number of ketones is 1. The zero-order valence-corrected chi connectivity index (χ0v) is 17.5. The Morgan fingerprint density at radius 2 is 1.97 bits per heavy atom. The highest BCUT2D eigenvalue weighted by Crippen LogP contribution is 2.39. The van der Waals surface area contributed by atoms with E-state index in [1.807, 2.05) is 19.0 Å². The summed E-state index contributed by atoms with van der Waals surface area (Å²) in [6.07, 6.45) is 2.11. The second-order valence-corrected chi connectivity index (χ2v) is 7.77. The lowest BCUT2D eigenvalue weighted by Gasteiger charge is -2.23. The fourth-order valence-corrected chi connectivity index (χ4v) is 3.85. The van der Waals surface area contributed by atoms with Crippen molar-refractivity contribution in [3.63, 3.8) is 0 Å². The molecule has 1 N–H and O–H groups in total. The molecule has 162 valence electrons. The highest BCUT2D eigenvalue weighted by Gasteiger charge is 2.47. The number of furan rings is 1. The predicted octanol–water partition coefficient (Wildman–Crippen LogP) is 2.10. The summed E-state index contributed by atoms with van der Waals surface area (Å²) in [7, 11) is 5.43. The van der Waals surface area contributed by atoms with Gasteiger partial charge in [0.1, 0.15) is 17.6 Å². The third-order valence-corrected chi connectivity index (χ3v) is 5.42. The molecule has 1 aromatic carbocycles. The second-order valence-electron chi connectivity index (χ2n) is 7.77. The molecule has 9 heteroatoms. The third kappa shape index (κ3) is 3.57. The molecule has 3 heterocycles. The van der Waals surface area contributed by atoms with E-state index < -0.39 is 23.5 Å². The van der Waals surface area contributed by atoms with Gasteiger partial charge in [-0.2, -0.15) is 0 Å². The van der Waals surface area contributed by atoms with Crippen LogP contribution in [0.25, 0.3) is 16.9 Å². The molecule has 31 heavy (non-hydrogen) atoms. The number of oxazole rings is 1. The molecule has 1 aliphatic heterocycles. The smallest absolute Gasteiger partial charge is 0.419 e. The van der Waals surface area contributed by atoms with Gasteiger partial charge in [-0.15, -0.1) is 0 Å². The molecule has 0 unspecified atom stereocenters. The van der Waals surface area contributed by atoms with E-state index in [0.717, 1.165) is 6.54 Å². The van der Waals surface area contributed by atoms with Gasteiger partial charge in [0, 0.05) is 19.2 Å². The summed E-state index contributed by atoms with van der Waals surface area (Å²) in [6, 6.07) is 7.17. The molecule has 0 spiro atoms. The van der Waals surface area contributed by atoms with Gasteiger partial charge in [0.2, 0.25) is 0 Å². The zero-order valence-electron chi connectivity index (χ0n) is 17.5. The van der Waals surface area contributed by atoms with Gasteiger partial charge < -0.3 is 23.7 Å². The molecule has 3 aromatic rings. The number of Topliss-reactive ketones (excluding diaryl/α,β-unsaturated/α-hetero) is 1. The maximum Gasteiger partial charge on any atom is 0.419 e. The highest BCUT2D eigenvalue weighted by molar-refractivity contribution is 6.46. The number of fused-ring (bicyclic) bond motifs is 1. The Morgan fingerprint density at radius 3 is 2.65 bits per heavy atom. The van der Waals surface area contributed by atoms with E-state index in [-0.39, 0.29) is 22.5 Å². The van der Waals surface area contributed by atoms with Crippen LogP contribution < -0.4 is 5.76 Å². The van der Waals surface area contributed by atoms with Gasteiger partial charge in [0.05, 0.1) is 17.4 Å². The monoisotopic (exact) mass is 425 g/mol. The van der Waals surface area contributed by atoms with Crippen LogP contribution in [0.2, 0.25) is 0 Å². The second kappa shape index (κ2) is 7.92. The first-order valence-corrected chi connectivity index (χ1v) is 9.86. The van der Waals surface area contributed by atoms with Crippen LogP contribution in [-0.2, 0) is 16.6 Å². The number of aromatic nitrogens is 1. The Bertz CT molecular complexity index is 1230. The minimum Gasteiger partial charge on any atom is -0.507 e. The molecule has 0 aliphatic carbocycles. The Kier molecular flexibility index (Phi) is 5.28. The number of aryl methyl sites for hydroxylation is 1. The molecule has 0 bridgehead atoms. The van der Waals surface area contributed by atoms with Crippen molar-refractivity contribution in [1.82, 2.24) is 14.4 Å². The number of amides is 1. The van der Waals surface area contributed by atoms with E-state index in [9.17, 15) is 19.5 Å². The van der Waals surface area contributed by atoms with Crippen molar-refractivity contribution >= 4 is 28.5 Å². The van der Waals surface area contributed by atoms with Crippen LogP contribution in [0.4, 0.5) is 0 Å². The summed E-state index contributed by atoms with van der Waals surface area (Å²) in [6.45, 7) is 1.06. The molecule has 1 amide bonds. The molecule has 9 nitrogen and oxygen atoms in total. The Morgan fingerprint density at radius 1 is 1.19 bits per heavy atom. The Balaban J connectivity index is 1.80. The topological polar surface area (TPSA) is 109 Å². The molecule has 1 atom stereocenters.